The van der Waals surface area contributed by atoms with Crippen molar-refractivity contribution in [3.63, 3.8) is 0 Å². The van der Waals surface area contributed by atoms with Crippen LogP contribution in [0.15, 0.2) is 12.4 Å². The van der Waals surface area contributed by atoms with Gasteiger partial charge in [0.2, 0.25) is 0 Å². The minimum Gasteiger partial charge on any atom is -0.329 e. The van der Waals surface area contributed by atoms with E-state index in [2.05, 4.69) is 9.97 Å². The van der Waals surface area contributed by atoms with E-state index in [1.165, 1.54) is 0 Å². The Morgan fingerprint density at radius 3 is 2.39 bits per heavy atom. The lowest BCUT2D eigenvalue weighted by atomic mass is 10.0. The minimum atomic E-state index is -2.53. The fourth-order valence-corrected chi connectivity index (χ4v) is 2.23. The molecule has 0 bridgehead atoms. The number of likely N-dealkylation sites (tertiary alicyclic amines) is 1. The number of piperidine rings is 1. The molecule has 1 unspecified atom stereocenters. The molecule has 0 spiro atoms. The van der Waals surface area contributed by atoms with E-state index in [9.17, 15) is 8.78 Å². The molecule has 4 nitrogen and oxygen atoms in total. The van der Waals surface area contributed by atoms with Crippen LogP contribution in [0.2, 0.25) is 0 Å². The van der Waals surface area contributed by atoms with E-state index in [1.807, 2.05) is 11.8 Å². The average molecular weight is 256 g/mol. The summed E-state index contributed by atoms with van der Waals surface area (Å²) in [5, 5.41) is 0. The molecule has 1 aromatic rings. The number of alkyl halides is 2. The molecule has 0 saturated carbocycles. The Morgan fingerprint density at radius 1 is 1.33 bits per heavy atom. The molecule has 1 aliphatic heterocycles. The zero-order chi connectivity index (χ0) is 13.2. The topological polar surface area (TPSA) is 55.0 Å². The van der Waals surface area contributed by atoms with Gasteiger partial charge in [-0.25, -0.2) is 18.7 Å². The number of nitrogens with two attached hydrogens (primary N) is 1. The van der Waals surface area contributed by atoms with Gasteiger partial charge in [0.25, 0.3) is 5.92 Å². The normalized spacial score (nSPS) is 21.8. The van der Waals surface area contributed by atoms with Crippen molar-refractivity contribution in [2.24, 2.45) is 5.73 Å². The van der Waals surface area contributed by atoms with Gasteiger partial charge in [-0.1, -0.05) is 0 Å². The molecule has 1 fully saturated rings. The third-order valence-electron chi connectivity index (χ3n) is 3.38. The van der Waals surface area contributed by atoms with Gasteiger partial charge in [-0.15, -0.1) is 0 Å². The molecule has 18 heavy (non-hydrogen) atoms. The van der Waals surface area contributed by atoms with E-state index >= 15 is 0 Å². The number of hydrogen-bond donors (Lipinski definition) is 1. The second-order valence-electron chi connectivity index (χ2n) is 4.71. The van der Waals surface area contributed by atoms with Crippen LogP contribution in [-0.4, -0.2) is 40.4 Å². The van der Waals surface area contributed by atoms with E-state index in [0.717, 1.165) is 5.56 Å². The van der Waals surface area contributed by atoms with Crippen LogP contribution < -0.4 is 5.73 Å². The third kappa shape index (κ3) is 3.00. The summed E-state index contributed by atoms with van der Waals surface area (Å²) in [6.07, 6.45) is 3.26. The van der Waals surface area contributed by atoms with Gasteiger partial charge in [0.05, 0.1) is 6.04 Å². The molecule has 1 aromatic heterocycles. The van der Waals surface area contributed by atoms with Crippen molar-refractivity contribution in [1.29, 1.82) is 0 Å². The van der Waals surface area contributed by atoms with E-state index < -0.39 is 5.92 Å². The highest BCUT2D eigenvalue weighted by molar-refractivity contribution is 5.12. The molecule has 100 valence electrons. The number of hydrogen-bond acceptors (Lipinski definition) is 4. The van der Waals surface area contributed by atoms with Crippen molar-refractivity contribution >= 4 is 0 Å². The van der Waals surface area contributed by atoms with Gasteiger partial charge in [-0.3, -0.25) is 4.90 Å². The fraction of sp³-hybridized carbons (Fsp3) is 0.667. The Morgan fingerprint density at radius 2 is 1.89 bits per heavy atom. The van der Waals surface area contributed by atoms with Gasteiger partial charge in [0, 0.05) is 50.4 Å². The molecule has 0 amide bonds. The molecule has 6 heteroatoms. The summed E-state index contributed by atoms with van der Waals surface area (Å²) in [5.74, 6) is -1.83. The van der Waals surface area contributed by atoms with Gasteiger partial charge in [-0.2, -0.15) is 0 Å². The van der Waals surface area contributed by atoms with Crippen LogP contribution in [0, 0.1) is 6.92 Å². The highest BCUT2D eigenvalue weighted by atomic mass is 19.3. The van der Waals surface area contributed by atoms with E-state index in [4.69, 9.17) is 5.73 Å². The second-order valence-corrected chi connectivity index (χ2v) is 4.71. The smallest absolute Gasteiger partial charge is 0.250 e. The molecule has 0 radical (unpaired) electrons. The van der Waals surface area contributed by atoms with E-state index in [-0.39, 0.29) is 18.9 Å². The standard InChI is InChI=1S/C12H18F2N4/c1-9-16-7-10(8-17-9)11(6-15)18-4-2-12(13,14)3-5-18/h7-8,11H,2-6,15H2,1H3. The van der Waals surface area contributed by atoms with Gasteiger partial charge in [0.1, 0.15) is 5.82 Å². The predicted octanol–water partition coefficient (Wildman–Crippen LogP) is 1.52. The first-order valence-electron chi connectivity index (χ1n) is 6.12. The maximum absolute atomic E-state index is 13.1. The molecule has 2 heterocycles. The second kappa shape index (κ2) is 5.24. The van der Waals surface area contributed by atoms with Crippen LogP contribution in [0.4, 0.5) is 8.78 Å². The Labute approximate surface area is 105 Å². The third-order valence-corrected chi connectivity index (χ3v) is 3.38. The summed E-state index contributed by atoms with van der Waals surface area (Å²) in [6, 6.07) is -0.0679. The molecule has 0 aliphatic carbocycles. The zero-order valence-electron chi connectivity index (χ0n) is 10.4. The van der Waals surface area contributed by atoms with Gasteiger partial charge in [0.15, 0.2) is 0 Å². The maximum atomic E-state index is 13.1. The highest BCUT2D eigenvalue weighted by Gasteiger charge is 2.36. The van der Waals surface area contributed by atoms with Crippen LogP contribution in [-0.2, 0) is 0 Å². The lowest BCUT2D eigenvalue weighted by Crippen LogP contribution is -2.43. The predicted molar refractivity (Wildman–Crippen MR) is 64.3 cm³/mol. The van der Waals surface area contributed by atoms with Crippen molar-refractivity contribution in [2.75, 3.05) is 19.6 Å². The van der Waals surface area contributed by atoms with Crippen molar-refractivity contribution in [3.8, 4) is 0 Å². The summed E-state index contributed by atoms with van der Waals surface area (Å²) in [7, 11) is 0. The average Bonchev–Trinajstić information content (AvgIpc) is 2.34. The maximum Gasteiger partial charge on any atom is 0.250 e. The van der Waals surface area contributed by atoms with Crippen molar-refractivity contribution in [3.05, 3.63) is 23.8 Å². The van der Waals surface area contributed by atoms with Gasteiger partial charge in [-0.05, 0) is 6.92 Å². The van der Waals surface area contributed by atoms with Crippen LogP contribution >= 0.6 is 0 Å². The monoisotopic (exact) mass is 256 g/mol. The SMILES string of the molecule is Cc1ncc(C(CN)N2CCC(F)(F)CC2)cn1. The summed E-state index contributed by atoms with van der Waals surface area (Å²) in [5.41, 5.74) is 6.65. The summed E-state index contributed by atoms with van der Waals surface area (Å²) in [4.78, 5) is 10.3. The molecule has 1 aliphatic rings. The molecule has 1 saturated heterocycles. The lowest BCUT2D eigenvalue weighted by molar-refractivity contribution is -0.0627. The van der Waals surface area contributed by atoms with Crippen LogP contribution in [0.25, 0.3) is 0 Å². The largest absolute Gasteiger partial charge is 0.329 e. The van der Waals surface area contributed by atoms with Crippen molar-refractivity contribution in [1.82, 2.24) is 14.9 Å². The molecule has 1 atom stereocenters. The van der Waals surface area contributed by atoms with Crippen molar-refractivity contribution < 1.29 is 8.78 Å². The Hall–Kier alpha value is -1.14. The molecule has 2 N–H and O–H groups in total. The Bertz CT molecular complexity index is 384. The molecule has 0 aromatic carbocycles. The first-order chi connectivity index (χ1) is 8.52. The first kappa shape index (κ1) is 13.3. The summed E-state index contributed by atoms with van der Waals surface area (Å²) in [6.45, 7) is 2.92. The number of aromatic nitrogens is 2. The fourth-order valence-electron chi connectivity index (χ4n) is 2.23. The molecule has 2 rings (SSSR count). The Balaban J connectivity index is 2.08. The quantitative estimate of drug-likeness (QED) is 0.890. The van der Waals surface area contributed by atoms with Crippen LogP contribution in [0.3, 0.4) is 0 Å². The number of rotatable bonds is 3. The summed E-state index contributed by atoms with van der Waals surface area (Å²) < 4.78 is 26.2. The van der Waals surface area contributed by atoms with E-state index in [1.54, 1.807) is 12.4 Å². The summed E-state index contributed by atoms with van der Waals surface area (Å²) >= 11 is 0. The molecular formula is C12H18F2N4. The van der Waals surface area contributed by atoms with Crippen molar-refractivity contribution in [2.45, 2.75) is 31.7 Å². The number of halogens is 2. The first-order valence-corrected chi connectivity index (χ1v) is 6.12. The van der Waals surface area contributed by atoms with Crippen LogP contribution in [0.1, 0.15) is 30.3 Å². The number of aryl methyl sites for hydroxylation is 1. The highest BCUT2D eigenvalue weighted by Crippen LogP contribution is 2.31. The molecular weight excluding hydrogens is 238 g/mol. The van der Waals surface area contributed by atoms with Gasteiger partial charge >= 0.3 is 0 Å². The van der Waals surface area contributed by atoms with Gasteiger partial charge < -0.3 is 5.73 Å². The lowest BCUT2D eigenvalue weighted by Gasteiger charge is -2.36. The van der Waals surface area contributed by atoms with E-state index in [0.29, 0.717) is 25.5 Å². The number of nitrogens with zero attached hydrogens (tertiary/aromatic N) is 3. The van der Waals surface area contributed by atoms with Crippen LogP contribution in [0.5, 0.6) is 0 Å². The minimum absolute atomic E-state index is 0.0679. The Kier molecular flexibility index (Phi) is 3.87. The zero-order valence-corrected chi connectivity index (χ0v) is 10.4.